The molecular formula is C18H16FN3O3S2. The van der Waals surface area contributed by atoms with Crippen LogP contribution in [0.15, 0.2) is 35.7 Å². The molecule has 3 rings (SSSR count). The third-order valence-corrected chi connectivity index (χ3v) is 5.41. The van der Waals surface area contributed by atoms with Gasteiger partial charge in [-0.15, -0.1) is 22.7 Å². The molecular weight excluding hydrogens is 389 g/mol. The normalized spacial score (nSPS) is 10.5. The fourth-order valence-electron chi connectivity index (χ4n) is 2.25. The highest BCUT2D eigenvalue weighted by molar-refractivity contribution is 7.15. The van der Waals surface area contributed by atoms with E-state index in [1.165, 1.54) is 48.8 Å². The van der Waals surface area contributed by atoms with E-state index in [9.17, 15) is 14.0 Å². The molecule has 9 heteroatoms. The van der Waals surface area contributed by atoms with Crippen LogP contribution in [0, 0.1) is 5.82 Å². The molecule has 0 unspecified atom stereocenters. The van der Waals surface area contributed by atoms with E-state index in [1.54, 1.807) is 23.6 Å². The van der Waals surface area contributed by atoms with E-state index in [4.69, 9.17) is 4.74 Å². The molecule has 0 radical (unpaired) electrons. The van der Waals surface area contributed by atoms with Gasteiger partial charge < -0.3 is 10.1 Å². The monoisotopic (exact) mass is 405 g/mol. The number of nitrogens with zero attached hydrogens (tertiary/aromatic N) is 1. The molecule has 0 saturated heterocycles. The van der Waals surface area contributed by atoms with Gasteiger partial charge in [-0.1, -0.05) is 0 Å². The van der Waals surface area contributed by atoms with Crippen LogP contribution in [0.1, 0.15) is 21.5 Å². The summed E-state index contributed by atoms with van der Waals surface area (Å²) in [5, 5.41) is 7.59. The number of nitrogens with one attached hydrogen (secondary N) is 2. The lowest BCUT2D eigenvalue weighted by Gasteiger charge is -2.03. The van der Waals surface area contributed by atoms with Crippen molar-refractivity contribution in [2.75, 3.05) is 12.4 Å². The lowest BCUT2D eigenvalue weighted by molar-refractivity contribution is -0.119. The van der Waals surface area contributed by atoms with Crippen LogP contribution in [-0.4, -0.2) is 23.9 Å². The number of hydrogen-bond donors (Lipinski definition) is 2. The first kappa shape index (κ1) is 19.0. The Labute approximate surface area is 163 Å². The van der Waals surface area contributed by atoms with E-state index < -0.39 is 5.82 Å². The molecule has 0 bridgehead atoms. The molecule has 1 aromatic carbocycles. The molecule has 6 nitrogen and oxygen atoms in total. The van der Waals surface area contributed by atoms with Gasteiger partial charge in [0.25, 0.3) is 5.91 Å². The molecule has 140 valence electrons. The third-order valence-electron chi connectivity index (χ3n) is 3.57. The third kappa shape index (κ3) is 4.69. The van der Waals surface area contributed by atoms with E-state index in [2.05, 4.69) is 15.6 Å². The van der Waals surface area contributed by atoms with Crippen LogP contribution in [0.2, 0.25) is 0 Å². The number of thiophene rings is 1. The predicted octanol–water partition coefficient (Wildman–Crippen LogP) is 3.91. The number of rotatable bonds is 6. The Morgan fingerprint density at radius 2 is 2.07 bits per heavy atom. The highest BCUT2D eigenvalue weighted by atomic mass is 32.1. The van der Waals surface area contributed by atoms with Crippen molar-refractivity contribution >= 4 is 39.6 Å². The number of anilines is 1. The number of benzene rings is 1. The van der Waals surface area contributed by atoms with Crippen molar-refractivity contribution in [3.8, 4) is 17.0 Å². The lowest BCUT2D eigenvalue weighted by Crippen LogP contribution is -2.18. The summed E-state index contributed by atoms with van der Waals surface area (Å²) in [6.45, 7) is 1.83. The fourth-order valence-corrected chi connectivity index (χ4v) is 3.81. The van der Waals surface area contributed by atoms with Gasteiger partial charge in [0.2, 0.25) is 5.91 Å². The molecule has 0 saturated carbocycles. The van der Waals surface area contributed by atoms with Crippen molar-refractivity contribution in [1.29, 1.82) is 0 Å². The maximum Gasteiger partial charge on any atom is 0.267 e. The zero-order valence-electron chi connectivity index (χ0n) is 14.5. The number of carbonyl (C=O) groups is 2. The summed E-state index contributed by atoms with van der Waals surface area (Å²) in [4.78, 5) is 29.0. The van der Waals surface area contributed by atoms with E-state index >= 15 is 0 Å². The number of carbonyl (C=O) groups excluding carboxylic acids is 2. The van der Waals surface area contributed by atoms with Crippen molar-refractivity contribution < 1.29 is 18.7 Å². The molecule has 0 atom stereocenters. The quantitative estimate of drug-likeness (QED) is 0.652. The van der Waals surface area contributed by atoms with Gasteiger partial charge in [-0.25, -0.2) is 9.37 Å². The summed E-state index contributed by atoms with van der Waals surface area (Å²) in [5.41, 5.74) is 1.16. The summed E-state index contributed by atoms with van der Waals surface area (Å²) in [6, 6.07) is 8.07. The van der Waals surface area contributed by atoms with Gasteiger partial charge in [0.15, 0.2) is 16.7 Å². The van der Waals surface area contributed by atoms with Crippen LogP contribution in [-0.2, 0) is 11.3 Å². The highest BCUT2D eigenvalue weighted by Gasteiger charge is 2.13. The molecule has 0 aliphatic rings. The second-order valence-corrected chi connectivity index (χ2v) is 7.54. The Morgan fingerprint density at radius 3 is 2.78 bits per heavy atom. The first-order valence-corrected chi connectivity index (χ1v) is 9.60. The molecule has 3 aromatic rings. The van der Waals surface area contributed by atoms with Crippen LogP contribution in [0.4, 0.5) is 9.52 Å². The maximum absolute atomic E-state index is 13.8. The Morgan fingerprint density at radius 1 is 1.26 bits per heavy atom. The van der Waals surface area contributed by atoms with Crippen molar-refractivity contribution in [2.24, 2.45) is 0 Å². The largest absolute Gasteiger partial charge is 0.494 e. The van der Waals surface area contributed by atoms with Gasteiger partial charge in [0.05, 0.1) is 24.2 Å². The molecule has 0 fully saturated rings. The van der Waals surface area contributed by atoms with Crippen LogP contribution < -0.4 is 15.4 Å². The van der Waals surface area contributed by atoms with Gasteiger partial charge in [0.1, 0.15) is 0 Å². The van der Waals surface area contributed by atoms with Gasteiger partial charge >= 0.3 is 0 Å². The Kier molecular flexibility index (Phi) is 5.82. The molecule has 2 heterocycles. The van der Waals surface area contributed by atoms with E-state index in [-0.39, 0.29) is 17.6 Å². The zero-order chi connectivity index (χ0) is 19.4. The minimum Gasteiger partial charge on any atom is -0.494 e. The topological polar surface area (TPSA) is 80.3 Å². The van der Waals surface area contributed by atoms with Gasteiger partial charge in [-0.05, 0) is 30.3 Å². The van der Waals surface area contributed by atoms with Crippen molar-refractivity contribution in [1.82, 2.24) is 10.3 Å². The van der Waals surface area contributed by atoms with Crippen molar-refractivity contribution in [2.45, 2.75) is 13.5 Å². The number of thiazole rings is 1. The summed E-state index contributed by atoms with van der Waals surface area (Å²) in [7, 11) is 1.40. The number of hydrogen-bond acceptors (Lipinski definition) is 6. The SMILES string of the molecule is COc1ccc(-c2csc(NC(=O)c3ccc(CNC(C)=O)s3)n2)cc1F. The molecule has 2 amide bonds. The predicted molar refractivity (Wildman–Crippen MR) is 104 cm³/mol. The molecule has 2 aromatic heterocycles. The smallest absolute Gasteiger partial charge is 0.267 e. The van der Waals surface area contributed by atoms with Crippen LogP contribution in [0.3, 0.4) is 0 Å². The molecule has 0 aliphatic carbocycles. The van der Waals surface area contributed by atoms with Crippen molar-refractivity contribution in [3.05, 3.63) is 51.3 Å². The standard InChI is InChI=1S/C18H16FN3O3S2/c1-10(23)20-8-12-4-6-16(27-12)17(24)22-18-21-14(9-26-18)11-3-5-15(25-2)13(19)7-11/h3-7,9H,8H2,1-2H3,(H,20,23)(H,21,22,24). The van der Waals surface area contributed by atoms with Crippen LogP contribution in [0.25, 0.3) is 11.3 Å². The van der Waals surface area contributed by atoms with E-state index in [0.29, 0.717) is 27.8 Å². The summed E-state index contributed by atoms with van der Waals surface area (Å²) >= 11 is 2.55. The van der Waals surface area contributed by atoms with Gasteiger partial charge in [-0.2, -0.15) is 0 Å². The number of ether oxygens (including phenoxy) is 1. The minimum atomic E-state index is -0.473. The summed E-state index contributed by atoms with van der Waals surface area (Å²) in [5.74, 6) is -0.718. The number of methoxy groups -OCH3 is 1. The highest BCUT2D eigenvalue weighted by Crippen LogP contribution is 2.29. The second kappa shape index (κ2) is 8.28. The molecule has 27 heavy (non-hydrogen) atoms. The zero-order valence-corrected chi connectivity index (χ0v) is 16.2. The summed E-state index contributed by atoms with van der Waals surface area (Å²) < 4.78 is 18.7. The average Bonchev–Trinajstić information content (AvgIpc) is 3.29. The fraction of sp³-hybridized carbons (Fsp3) is 0.167. The van der Waals surface area contributed by atoms with Gasteiger partial charge in [-0.3, -0.25) is 14.9 Å². The summed E-state index contributed by atoms with van der Waals surface area (Å²) in [6.07, 6.45) is 0. The Bertz CT molecular complexity index is 984. The lowest BCUT2D eigenvalue weighted by atomic mass is 10.1. The second-order valence-electron chi connectivity index (χ2n) is 5.52. The maximum atomic E-state index is 13.8. The Hall–Kier alpha value is -2.78. The van der Waals surface area contributed by atoms with E-state index in [1.807, 2.05) is 0 Å². The Balaban J connectivity index is 1.67. The van der Waals surface area contributed by atoms with Crippen LogP contribution >= 0.6 is 22.7 Å². The number of aromatic nitrogens is 1. The van der Waals surface area contributed by atoms with Gasteiger partial charge in [0, 0.05) is 22.7 Å². The average molecular weight is 405 g/mol. The molecule has 0 spiro atoms. The minimum absolute atomic E-state index is 0.125. The van der Waals surface area contributed by atoms with Crippen molar-refractivity contribution in [3.63, 3.8) is 0 Å². The molecule has 0 aliphatic heterocycles. The van der Waals surface area contributed by atoms with Crippen LogP contribution in [0.5, 0.6) is 5.75 Å². The van der Waals surface area contributed by atoms with E-state index in [0.717, 1.165) is 4.88 Å². The molecule has 2 N–H and O–H groups in total. The number of halogens is 1. The number of amides is 2. The first-order valence-electron chi connectivity index (χ1n) is 7.90. The first-order chi connectivity index (χ1) is 13.0.